The van der Waals surface area contributed by atoms with Crippen LogP contribution in [0.2, 0.25) is 39.3 Å². The van der Waals surface area contributed by atoms with Gasteiger partial charge in [-0.05, 0) is 0 Å². The summed E-state index contributed by atoms with van der Waals surface area (Å²) in [5, 5.41) is 25.8. The number of hydrogen-bond donors (Lipinski definition) is 0. The van der Waals surface area contributed by atoms with Gasteiger partial charge in [-0.25, -0.2) is 0 Å². The SMILES string of the molecule is C[Si](C)(C)[O][Sn]1([O][Si](C)(C)C)[n]2c3c4cc5ccccc5cc4c2N=C2N=C(N=c4c5cc6ccccc6cc5c([n]41)=NC1=NC(=N3)c3cc4ccccc4cc31)c1cc3ccccc3cc12.O.O.c1ccc2cc3c(cc2c1)C1=NC3=Nc2c3cc4ccccc4cc3c3[n]2[Sn][n]2c(c4cc5ccccc5cc4c2=NC2=NC(=N3)c3cc4ccccc4cc32)=N1. The quantitative estimate of drug-likeness (QED) is 0.156. The van der Waals surface area contributed by atoms with Crippen LogP contribution in [0.3, 0.4) is 0 Å². The Balaban J connectivity index is 0.000000137. The van der Waals surface area contributed by atoms with Gasteiger partial charge in [0, 0.05) is 0 Å². The van der Waals surface area contributed by atoms with E-state index in [0.717, 1.165) is 196 Å². The summed E-state index contributed by atoms with van der Waals surface area (Å²) in [6.45, 7) is 13.5. The second-order valence-electron chi connectivity index (χ2n) is 34.9. The zero-order valence-electron chi connectivity index (χ0n) is 68.7. The van der Waals surface area contributed by atoms with Crippen LogP contribution in [0.5, 0.6) is 0 Å². The molecule has 4 N–H and O–H groups in total. The van der Waals surface area contributed by atoms with E-state index in [2.05, 4.69) is 342 Å². The molecule has 8 aliphatic rings. The van der Waals surface area contributed by atoms with Gasteiger partial charge in [-0.2, -0.15) is 0 Å². The molecule has 24 heteroatoms. The first kappa shape index (κ1) is 74.8. The average molecular weight is 1880 g/mol. The molecule has 0 saturated carbocycles. The Hall–Kier alpha value is -13.8. The van der Waals surface area contributed by atoms with Crippen LogP contribution in [0, 0.1) is 0 Å². The minimum atomic E-state index is -5.57. The summed E-state index contributed by atoms with van der Waals surface area (Å²) >= 11 is -7.53. The molecule has 0 spiro atoms. The third-order valence-corrected chi connectivity index (χ3v) is 50.8. The zero-order valence-corrected chi connectivity index (χ0v) is 76.4. The number of hydrogen-bond acceptors (Lipinski definition) is 14. The van der Waals surface area contributed by atoms with Gasteiger partial charge in [-0.1, -0.05) is 0 Å². The van der Waals surface area contributed by atoms with Crippen LogP contribution in [0.15, 0.2) is 351 Å². The standard InChI is InChI=1S/2C48H24N8.2C3H9OSi.2H2O.2Sn/c2*1-2-10-26-18-34-33(17-25(26)9-1)41-49-42(34)54-44-37-21-29-13-5-6-14-30(29)22-38(37)46(51-44)56-48-40-24-32-16-8-7-15-31(32)23-39(40)47(52-48)55-45-36-20-28-12-4-3-11-27(28)19-35(36)43(50-45)53-41;2*1-5(2,3)4;;;;/h2*1-24H;2*1-3H3;2*1H2;;/q2*-2;2*-1;;;+2;+4. The number of aliphatic imine (C=N–C) groups is 8. The van der Waals surface area contributed by atoms with E-state index in [1.165, 1.54) is 0 Å². The monoisotopic (exact) mass is 1880 g/mol. The molecule has 0 amide bonds. The van der Waals surface area contributed by atoms with Gasteiger partial charge in [-0.15, -0.1) is 0 Å². The molecule has 20 aromatic rings. The zero-order chi connectivity index (χ0) is 82.1. The summed E-state index contributed by atoms with van der Waals surface area (Å²) in [6, 6.07) is 104. The summed E-state index contributed by atoms with van der Waals surface area (Å²) in [6.07, 6.45) is 0. The fraction of sp³-hybridized carbons (Fsp3) is 0.0588. The molecule has 12 heterocycles. The molecule has 0 atom stereocenters. The number of rotatable bonds is 4. The van der Waals surface area contributed by atoms with Crippen LogP contribution >= 0.6 is 0 Å². The molecule has 28 rings (SSSR count). The van der Waals surface area contributed by atoms with Gasteiger partial charge < -0.3 is 11.0 Å². The van der Waals surface area contributed by atoms with Crippen molar-refractivity contribution in [1.82, 2.24) is 11.2 Å². The summed E-state index contributed by atoms with van der Waals surface area (Å²) in [7, 11) is -5.20. The Morgan fingerprint density at radius 3 is 0.643 bits per heavy atom. The van der Waals surface area contributed by atoms with Crippen LogP contribution in [0.1, 0.15) is 44.5 Å². The van der Waals surface area contributed by atoms with Crippen molar-refractivity contribution in [2.75, 3.05) is 0 Å². The van der Waals surface area contributed by atoms with Crippen molar-refractivity contribution < 1.29 is 16.5 Å². The van der Waals surface area contributed by atoms with Crippen molar-refractivity contribution in [2.24, 2.45) is 59.9 Å². The number of amidine groups is 8. The summed E-state index contributed by atoms with van der Waals surface area (Å²) in [4.78, 5) is 66.9. The molecule has 8 aliphatic heterocycles. The number of nitrogens with zero attached hydrogens (tertiary/aromatic N) is 16. The summed E-state index contributed by atoms with van der Waals surface area (Å²) < 4.78 is 25.7. The van der Waals surface area contributed by atoms with Crippen molar-refractivity contribution in [3.63, 3.8) is 0 Å². The molecule has 126 heavy (non-hydrogen) atoms. The molecule has 0 saturated heterocycles. The number of benzene rings is 16. The van der Waals surface area contributed by atoms with Crippen molar-refractivity contribution >= 4 is 257 Å². The predicted octanol–water partition coefficient (Wildman–Crippen LogP) is 19.1. The molecular formula is C102H70N16O4Si2Sn2. The van der Waals surface area contributed by atoms with Gasteiger partial charge in [0.1, 0.15) is 0 Å². The van der Waals surface area contributed by atoms with Gasteiger partial charge >= 0.3 is 731 Å². The molecule has 598 valence electrons. The Bertz CT molecular complexity index is 8610. The van der Waals surface area contributed by atoms with Gasteiger partial charge in [0.25, 0.3) is 0 Å². The normalized spacial score (nSPS) is 15.2. The molecule has 16 aromatic carbocycles. The van der Waals surface area contributed by atoms with Crippen LogP contribution in [0.4, 0.5) is 23.3 Å². The predicted molar refractivity (Wildman–Crippen MR) is 518 cm³/mol. The van der Waals surface area contributed by atoms with Gasteiger partial charge in [0.15, 0.2) is 0 Å². The molecule has 0 fully saturated rings. The maximum atomic E-state index is 8.15. The first-order valence-electron chi connectivity index (χ1n) is 41.7. The van der Waals surface area contributed by atoms with E-state index in [4.69, 9.17) is 65.4 Å². The second kappa shape index (κ2) is 27.1. The third kappa shape index (κ3) is 11.2. The molecule has 0 unspecified atom stereocenters. The average Bonchev–Trinajstić information content (AvgIpc) is 1.52. The van der Waals surface area contributed by atoms with Crippen LogP contribution in [0.25, 0.3) is 129 Å². The molecule has 0 aliphatic carbocycles. The first-order chi connectivity index (χ1) is 60.5. The van der Waals surface area contributed by atoms with Crippen LogP contribution < -0.4 is 22.0 Å². The minimum absolute atomic E-state index is 0. The Kier molecular flexibility index (Phi) is 16.1. The van der Waals surface area contributed by atoms with E-state index < -0.39 is 58.1 Å². The molecule has 4 aromatic heterocycles. The molecule has 12 bridgehead atoms. The van der Waals surface area contributed by atoms with E-state index in [9.17, 15) is 0 Å². The summed E-state index contributed by atoms with van der Waals surface area (Å²) in [5.74, 6) is 8.04. The van der Waals surface area contributed by atoms with Crippen molar-refractivity contribution in [2.45, 2.75) is 39.3 Å². The van der Waals surface area contributed by atoms with Gasteiger partial charge in [-0.3, -0.25) is 0 Å². The third-order valence-electron chi connectivity index (χ3n) is 24.8. The molecular weight excluding hydrogens is 1810 g/mol. The number of fused-ring (bicyclic) bond motifs is 36. The Morgan fingerprint density at radius 2 is 0.405 bits per heavy atom. The first-order valence-corrected chi connectivity index (χ1v) is 56.0. The van der Waals surface area contributed by atoms with E-state index in [1.54, 1.807) is 0 Å². The van der Waals surface area contributed by atoms with Crippen molar-refractivity contribution in [1.29, 1.82) is 0 Å². The fourth-order valence-corrected chi connectivity index (χ4v) is 48.6. The Morgan fingerprint density at radius 1 is 0.214 bits per heavy atom. The Labute approximate surface area is 735 Å². The van der Waals surface area contributed by atoms with E-state index in [0.29, 0.717) is 69.3 Å². The topological polar surface area (TPSA) is 250 Å². The van der Waals surface area contributed by atoms with Crippen LogP contribution in [-0.2, 0) is 5.53 Å². The van der Waals surface area contributed by atoms with Gasteiger partial charge in [0.05, 0.1) is 0 Å². The van der Waals surface area contributed by atoms with Crippen molar-refractivity contribution in [3.05, 3.63) is 358 Å². The molecule has 20 nitrogen and oxygen atoms in total. The second-order valence-corrected chi connectivity index (χ2v) is 56.1. The number of aromatic nitrogens is 4. The van der Waals surface area contributed by atoms with E-state index >= 15 is 0 Å². The maximum absolute atomic E-state index is 8.15. The van der Waals surface area contributed by atoms with Gasteiger partial charge in [0.2, 0.25) is 0 Å². The fourth-order valence-electron chi connectivity index (χ4n) is 19.4. The van der Waals surface area contributed by atoms with Crippen molar-refractivity contribution in [3.8, 4) is 0 Å². The summed E-state index contributed by atoms with van der Waals surface area (Å²) in [5.41, 5.74) is 10.6. The van der Waals surface area contributed by atoms with E-state index in [1.807, 2.05) is 0 Å². The van der Waals surface area contributed by atoms with E-state index in [-0.39, 0.29) is 11.0 Å². The molecule has 2 radical (unpaired) electrons. The van der Waals surface area contributed by atoms with Crippen LogP contribution in [-0.4, -0.2) is 127 Å².